The molecule has 0 aromatic heterocycles. The maximum Gasteiger partial charge on any atom is 0.253 e. The SMILES string of the molecule is NC(=O)C1CCCC1NC(=O)C(O)c1ccccc1. The highest BCUT2D eigenvalue weighted by Gasteiger charge is 2.33. The summed E-state index contributed by atoms with van der Waals surface area (Å²) < 4.78 is 0. The average molecular weight is 262 g/mol. The van der Waals surface area contributed by atoms with Gasteiger partial charge in [-0.05, 0) is 18.4 Å². The van der Waals surface area contributed by atoms with Crippen molar-refractivity contribution in [3.05, 3.63) is 35.9 Å². The summed E-state index contributed by atoms with van der Waals surface area (Å²) in [6, 6.07) is 8.44. The zero-order valence-corrected chi connectivity index (χ0v) is 10.6. The van der Waals surface area contributed by atoms with Crippen LogP contribution in [0.4, 0.5) is 0 Å². The van der Waals surface area contributed by atoms with Gasteiger partial charge in [-0.1, -0.05) is 36.8 Å². The first-order chi connectivity index (χ1) is 9.09. The Kier molecular flexibility index (Phi) is 4.16. The summed E-state index contributed by atoms with van der Waals surface area (Å²) in [5, 5.41) is 12.7. The molecule has 3 atom stereocenters. The van der Waals surface area contributed by atoms with Gasteiger partial charge in [0.25, 0.3) is 5.91 Å². The molecule has 1 saturated carbocycles. The summed E-state index contributed by atoms with van der Waals surface area (Å²) in [7, 11) is 0. The average Bonchev–Trinajstić information content (AvgIpc) is 2.87. The lowest BCUT2D eigenvalue weighted by Crippen LogP contribution is -2.44. The normalized spacial score (nSPS) is 23.8. The van der Waals surface area contributed by atoms with Gasteiger partial charge in [0.05, 0.1) is 5.92 Å². The highest BCUT2D eigenvalue weighted by Crippen LogP contribution is 2.26. The first-order valence-electron chi connectivity index (χ1n) is 6.42. The lowest BCUT2D eigenvalue weighted by atomic mass is 10.0. The Morgan fingerprint density at radius 2 is 1.95 bits per heavy atom. The van der Waals surface area contributed by atoms with Gasteiger partial charge in [-0.3, -0.25) is 9.59 Å². The lowest BCUT2D eigenvalue weighted by molar-refractivity contribution is -0.131. The molecule has 1 aliphatic rings. The van der Waals surface area contributed by atoms with Gasteiger partial charge >= 0.3 is 0 Å². The maximum atomic E-state index is 12.0. The standard InChI is InChI=1S/C14H18N2O3/c15-13(18)10-7-4-8-11(10)16-14(19)12(17)9-5-2-1-3-6-9/h1-3,5-6,10-12,17H,4,7-8H2,(H2,15,18)(H,16,19). The third-order valence-corrected chi connectivity index (χ3v) is 3.57. The Bertz CT molecular complexity index is 461. The number of benzene rings is 1. The molecule has 1 fully saturated rings. The molecular weight excluding hydrogens is 244 g/mol. The minimum absolute atomic E-state index is 0.261. The molecule has 0 spiro atoms. The summed E-state index contributed by atoms with van der Waals surface area (Å²) in [5.74, 6) is -1.20. The van der Waals surface area contributed by atoms with Gasteiger partial charge in [0, 0.05) is 6.04 Å². The van der Waals surface area contributed by atoms with Crippen molar-refractivity contribution in [1.82, 2.24) is 5.32 Å². The molecule has 3 unspecified atom stereocenters. The van der Waals surface area contributed by atoms with Crippen LogP contribution in [0.2, 0.25) is 0 Å². The Balaban J connectivity index is 1.99. The van der Waals surface area contributed by atoms with Crippen molar-refractivity contribution in [3.63, 3.8) is 0 Å². The Hall–Kier alpha value is -1.88. The molecule has 5 nitrogen and oxygen atoms in total. The highest BCUT2D eigenvalue weighted by atomic mass is 16.3. The van der Waals surface area contributed by atoms with E-state index in [9.17, 15) is 14.7 Å². The molecule has 102 valence electrons. The number of hydrogen-bond acceptors (Lipinski definition) is 3. The number of aliphatic hydroxyl groups is 1. The molecule has 5 heteroatoms. The number of carbonyl (C=O) groups is 2. The van der Waals surface area contributed by atoms with E-state index in [2.05, 4.69) is 5.32 Å². The summed E-state index contributed by atoms with van der Waals surface area (Å²) in [5.41, 5.74) is 5.83. The fraction of sp³-hybridized carbons (Fsp3) is 0.429. The quantitative estimate of drug-likeness (QED) is 0.737. The van der Waals surface area contributed by atoms with E-state index in [-0.39, 0.29) is 12.0 Å². The molecule has 0 saturated heterocycles. The number of rotatable bonds is 4. The molecule has 2 amide bonds. The van der Waals surface area contributed by atoms with E-state index >= 15 is 0 Å². The molecule has 0 heterocycles. The fourth-order valence-electron chi connectivity index (χ4n) is 2.52. The van der Waals surface area contributed by atoms with Crippen LogP contribution in [0.15, 0.2) is 30.3 Å². The summed E-state index contributed by atoms with van der Waals surface area (Å²) in [6.07, 6.45) is 1.07. The number of carbonyl (C=O) groups excluding carboxylic acids is 2. The predicted octanol–water partition coefficient (Wildman–Crippen LogP) is 0.490. The minimum atomic E-state index is -1.21. The molecule has 19 heavy (non-hydrogen) atoms. The van der Waals surface area contributed by atoms with Crippen molar-refractivity contribution in [1.29, 1.82) is 0 Å². The Labute approximate surface area is 111 Å². The summed E-state index contributed by atoms with van der Waals surface area (Å²) in [4.78, 5) is 23.2. The fourth-order valence-corrected chi connectivity index (χ4v) is 2.52. The van der Waals surface area contributed by atoms with Gasteiger partial charge in [-0.2, -0.15) is 0 Å². The van der Waals surface area contributed by atoms with E-state index in [0.717, 1.165) is 12.8 Å². The number of nitrogens with two attached hydrogens (primary N) is 1. The predicted molar refractivity (Wildman–Crippen MR) is 69.9 cm³/mol. The number of hydrogen-bond donors (Lipinski definition) is 3. The number of aliphatic hydroxyl groups excluding tert-OH is 1. The zero-order valence-electron chi connectivity index (χ0n) is 10.6. The molecule has 2 rings (SSSR count). The molecule has 1 aromatic carbocycles. The van der Waals surface area contributed by atoms with E-state index in [1.54, 1.807) is 24.3 Å². The van der Waals surface area contributed by atoms with Crippen LogP contribution in [-0.4, -0.2) is 23.0 Å². The molecule has 4 N–H and O–H groups in total. The molecule has 0 aliphatic heterocycles. The molecule has 0 radical (unpaired) electrons. The number of nitrogens with one attached hydrogen (secondary N) is 1. The minimum Gasteiger partial charge on any atom is -0.378 e. The third kappa shape index (κ3) is 3.12. The van der Waals surface area contributed by atoms with E-state index in [1.165, 1.54) is 0 Å². The number of amides is 2. The number of primary amides is 1. The van der Waals surface area contributed by atoms with Crippen LogP contribution in [0.5, 0.6) is 0 Å². The summed E-state index contributed by atoms with van der Waals surface area (Å²) >= 11 is 0. The third-order valence-electron chi connectivity index (χ3n) is 3.57. The second-order valence-corrected chi connectivity index (χ2v) is 4.87. The van der Waals surface area contributed by atoms with Gasteiger partial charge in [-0.15, -0.1) is 0 Å². The monoisotopic (exact) mass is 262 g/mol. The first kappa shape index (κ1) is 13.5. The van der Waals surface area contributed by atoms with Crippen LogP contribution in [0.1, 0.15) is 30.9 Å². The van der Waals surface area contributed by atoms with E-state index in [1.807, 2.05) is 6.07 Å². The zero-order chi connectivity index (χ0) is 13.8. The van der Waals surface area contributed by atoms with E-state index in [4.69, 9.17) is 5.73 Å². The van der Waals surface area contributed by atoms with Gasteiger partial charge in [0.1, 0.15) is 0 Å². The van der Waals surface area contributed by atoms with Crippen LogP contribution >= 0.6 is 0 Å². The van der Waals surface area contributed by atoms with Crippen molar-refractivity contribution in [2.75, 3.05) is 0 Å². The Morgan fingerprint density at radius 1 is 1.26 bits per heavy atom. The summed E-state index contributed by atoms with van der Waals surface area (Å²) in [6.45, 7) is 0. The van der Waals surface area contributed by atoms with Gasteiger partial charge in [0.15, 0.2) is 6.10 Å². The molecule has 0 bridgehead atoms. The first-order valence-corrected chi connectivity index (χ1v) is 6.42. The van der Waals surface area contributed by atoms with Crippen molar-refractivity contribution < 1.29 is 14.7 Å². The Morgan fingerprint density at radius 3 is 2.58 bits per heavy atom. The largest absolute Gasteiger partial charge is 0.378 e. The topological polar surface area (TPSA) is 92.4 Å². The van der Waals surface area contributed by atoms with Gasteiger partial charge < -0.3 is 16.2 Å². The maximum absolute atomic E-state index is 12.0. The smallest absolute Gasteiger partial charge is 0.253 e. The van der Waals surface area contributed by atoms with Gasteiger partial charge in [-0.25, -0.2) is 0 Å². The van der Waals surface area contributed by atoms with Crippen LogP contribution in [0.25, 0.3) is 0 Å². The van der Waals surface area contributed by atoms with Crippen molar-refractivity contribution >= 4 is 11.8 Å². The highest BCUT2D eigenvalue weighted by molar-refractivity contribution is 5.84. The van der Waals surface area contributed by atoms with Crippen LogP contribution < -0.4 is 11.1 Å². The van der Waals surface area contributed by atoms with Crippen LogP contribution in [0.3, 0.4) is 0 Å². The van der Waals surface area contributed by atoms with Crippen LogP contribution in [-0.2, 0) is 9.59 Å². The van der Waals surface area contributed by atoms with Gasteiger partial charge in [0.2, 0.25) is 5.91 Å². The lowest BCUT2D eigenvalue weighted by Gasteiger charge is -2.20. The van der Waals surface area contributed by atoms with E-state index < -0.39 is 17.9 Å². The second kappa shape index (κ2) is 5.84. The van der Waals surface area contributed by atoms with Crippen molar-refractivity contribution in [2.24, 2.45) is 11.7 Å². The van der Waals surface area contributed by atoms with Crippen molar-refractivity contribution in [2.45, 2.75) is 31.4 Å². The van der Waals surface area contributed by atoms with Crippen molar-refractivity contribution in [3.8, 4) is 0 Å². The molecular formula is C14H18N2O3. The molecule has 1 aromatic rings. The molecule has 1 aliphatic carbocycles. The second-order valence-electron chi connectivity index (χ2n) is 4.87. The van der Waals surface area contributed by atoms with E-state index in [0.29, 0.717) is 12.0 Å². The van der Waals surface area contributed by atoms with Crippen LogP contribution in [0, 0.1) is 5.92 Å².